The molecule has 8 nitrogen and oxygen atoms in total. The van der Waals surface area contributed by atoms with Crippen molar-refractivity contribution in [3.05, 3.63) is 88.7 Å². The molecule has 2 aromatic carbocycles. The van der Waals surface area contributed by atoms with E-state index in [4.69, 9.17) is 9.47 Å². The Kier molecular flexibility index (Phi) is 6.81. The van der Waals surface area contributed by atoms with E-state index in [9.17, 15) is 14.9 Å². The summed E-state index contributed by atoms with van der Waals surface area (Å²) < 4.78 is 11.8. The van der Waals surface area contributed by atoms with Gasteiger partial charge in [-0.3, -0.25) is 19.9 Å². The van der Waals surface area contributed by atoms with Crippen LogP contribution in [-0.4, -0.2) is 28.0 Å². The normalized spacial score (nSPS) is 10.9. The second-order valence-corrected chi connectivity index (χ2v) is 7.28. The van der Waals surface area contributed by atoms with Crippen LogP contribution < -0.4 is 14.8 Å². The molecule has 0 aliphatic heterocycles. The molecule has 0 bridgehead atoms. The molecule has 0 saturated carbocycles. The predicted molar refractivity (Wildman–Crippen MR) is 115 cm³/mol. The number of para-hydroxylation sites is 2. The summed E-state index contributed by atoms with van der Waals surface area (Å²) in [5, 5.41) is 13.7. The number of nitro groups is 1. The number of benzene rings is 2. The van der Waals surface area contributed by atoms with Gasteiger partial charge in [-0.1, -0.05) is 18.2 Å². The summed E-state index contributed by atoms with van der Waals surface area (Å²) >= 11 is 0. The lowest BCUT2D eigenvalue weighted by molar-refractivity contribution is -0.384. The number of hydrogen-bond acceptors (Lipinski definition) is 6. The van der Waals surface area contributed by atoms with E-state index in [0.717, 1.165) is 5.56 Å². The Hall–Kier alpha value is -3.94. The third-order valence-electron chi connectivity index (χ3n) is 4.46. The van der Waals surface area contributed by atoms with E-state index < -0.39 is 10.5 Å². The minimum absolute atomic E-state index is 0.0269. The maximum atomic E-state index is 12.7. The lowest BCUT2D eigenvalue weighted by Gasteiger charge is -2.26. The molecule has 160 valence electrons. The maximum Gasteiger partial charge on any atom is 0.269 e. The molecule has 3 aromatic rings. The molecule has 8 heteroatoms. The summed E-state index contributed by atoms with van der Waals surface area (Å²) in [6.07, 6.45) is 4.13. The van der Waals surface area contributed by atoms with Crippen LogP contribution in [0.3, 0.4) is 0 Å². The number of non-ortho nitro benzene ring substituents is 1. The molecule has 0 radical (unpaired) electrons. The van der Waals surface area contributed by atoms with Crippen LogP contribution in [0.25, 0.3) is 0 Å². The zero-order valence-corrected chi connectivity index (χ0v) is 17.3. The fraction of sp³-hybridized carbons (Fsp3) is 0.217. The molecule has 31 heavy (non-hydrogen) atoms. The standard InChI is InChI=1S/C23H23N3O5/c1-23(2,22(27)25-15-13-17-6-5-14-24-16-17)31-21-8-4-3-7-20(21)30-19-11-9-18(10-12-19)26(28)29/h3-12,14,16H,13,15H2,1-2H3,(H,25,27). The van der Waals surface area contributed by atoms with E-state index in [1.165, 1.54) is 24.3 Å². The van der Waals surface area contributed by atoms with Crippen molar-refractivity contribution in [2.24, 2.45) is 0 Å². The molecular weight excluding hydrogens is 398 g/mol. The maximum absolute atomic E-state index is 12.7. The van der Waals surface area contributed by atoms with E-state index in [0.29, 0.717) is 30.2 Å². The quantitative estimate of drug-likeness (QED) is 0.408. The fourth-order valence-electron chi connectivity index (χ4n) is 2.78. The number of nitrogens with zero attached hydrogens (tertiary/aromatic N) is 2. The average molecular weight is 421 g/mol. The third kappa shape index (κ3) is 6.02. The van der Waals surface area contributed by atoms with Gasteiger partial charge >= 0.3 is 0 Å². The van der Waals surface area contributed by atoms with Crippen LogP contribution in [0.2, 0.25) is 0 Å². The van der Waals surface area contributed by atoms with E-state index >= 15 is 0 Å². The molecule has 0 unspecified atom stereocenters. The highest BCUT2D eigenvalue weighted by atomic mass is 16.6. The monoisotopic (exact) mass is 421 g/mol. The number of carbonyl (C=O) groups is 1. The number of nitrogens with one attached hydrogen (secondary N) is 1. The van der Waals surface area contributed by atoms with Gasteiger partial charge in [-0.05, 0) is 56.2 Å². The summed E-state index contributed by atoms with van der Waals surface area (Å²) in [7, 11) is 0. The second kappa shape index (κ2) is 9.71. The Morgan fingerprint density at radius 1 is 1.06 bits per heavy atom. The summed E-state index contributed by atoms with van der Waals surface area (Å²) in [5.74, 6) is 0.933. The first-order valence-electron chi connectivity index (χ1n) is 9.73. The van der Waals surface area contributed by atoms with E-state index in [2.05, 4.69) is 10.3 Å². The minimum atomic E-state index is -1.15. The number of rotatable bonds is 9. The number of carbonyl (C=O) groups excluding carboxylic acids is 1. The number of amides is 1. The number of hydrogen-bond donors (Lipinski definition) is 1. The zero-order valence-electron chi connectivity index (χ0n) is 17.3. The first kappa shape index (κ1) is 21.8. The highest BCUT2D eigenvalue weighted by molar-refractivity contribution is 5.84. The van der Waals surface area contributed by atoms with Crippen LogP contribution in [0.15, 0.2) is 73.1 Å². The smallest absolute Gasteiger partial charge is 0.269 e. The van der Waals surface area contributed by atoms with Gasteiger partial charge in [0.1, 0.15) is 5.75 Å². The van der Waals surface area contributed by atoms with Crippen molar-refractivity contribution in [2.75, 3.05) is 6.54 Å². The van der Waals surface area contributed by atoms with Gasteiger partial charge in [-0.25, -0.2) is 0 Å². The van der Waals surface area contributed by atoms with Gasteiger partial charge in [-0.15, -0.1) is 0 Å². The van der Waals surface area contributed by atoms with Crippen LogP contribution in [0.5, 0.6) is 17.2 Å². The highest BCUT2D eigenvalue weighted by Gasteiger charge is 2.30. The van der Waals surface area contributed by atoms with E-state index in [1.54, 1.807) is 50.5 Å². The molecule has 0 fully saturated rings. The van der Waals surface area contributed by atoms with Crippen LogP contribution in [0.1, 0.15) is 19.4 Å². The molecular formula is C23H23N3O5. The minimum Gasteiger partial charge on any atom is -0.474 e. The first-order chi connectivity index (χ1) is 14.8. The van der Waals surface area contributed by atoms with Crippen LogP contribution in [0.4, 0.5) is 5.69 Å². The van der Waals surface area contributed by atoms with Gasteiger partial charge in [0.2, 0.25) is 0 Å². The van der Waals surface area contributed by atoms with Crippen LogP contribution in [0, 0.1) is 10.1 Å². The van der Waals surface area contributed by atoms with Crippen molar-refractivity contribution in [1.82, 2.24) is 10.3 Å². The van der Waals surface area contributed by atoms with Gasteiger partial charge in [0.15, 0.2) is 17.1 Å². The van der Waals surface area contributed by atoms with Gasteiger partial charge in [0, 0.05) is 31.1 Å². The Morgan fingerprint density at radius 3 is 2.42 bits per heavy atom. The van der Waals surface area contributed by atoms with Crippen molar-refractivity contribution >= 4 is 11.6 Å². The average Bonchev–Trinajstić information content (AvgIpc) is 2.76. The summed E-state index contributed by atoms with van der Waals surface area (Å²) in [5.41, 5.74) is -0.145. The number of aromatic nitrogens is 1. The molecule has 0 spiro atoms. The van der Waals surface area contributed by atoms with Gasteiger partial charge in [0.05, 0.1) is 4.92 Å². The molecule has 3 rings (SSSR count). The SMILES string of the molecule is CC(C)(Oc1ccccc1Oc1ccc([N+](=O)[O-])cc1)C(=O)NCCc1cccnc1. The van der Waals surface area contributed by atoms with E-state index in [-0.39, 0.29) is 11.6 Å². The topological polar surface area (TPSA) is 104 Å². The first-order valence-corrected chi connectivity index (χ1v) is 9.73. The fourth-order valence-corrected chi connectivity index (χ4v) is 2.78. The Bertz CT molecular complexity index is 1040. The Balaban J connectivity index is 1.64. The van der Waals surface area contributed by atoms with Crippen LogP contribution >= 0.6 is 0 Å². The molecule has 1 N–H and O–H groups in total. The van der Waals surface area contributed by atoms with Crippen molar-refractivity contribution < 1.29 is 19.2 Å². The second-order valence-electron chi connectivity index (χ2n) is 7.28. The van der Waals surface area contributed by atoms with Crippen molar-refractivity contribution in [2.45, 2.75) is 25.9 Å². The Labute approximate surface area is 180 Å². The summed E-state index contributed by atoms with van der Waals surface area (Å²) in [4.78, 5) is 27.1. The van der Waals surface area contributed by atoms with Crippen molar-refractivity contribution in [3.8, 4) is 17.2 Å². The Morgan fingerprint density at radius 2 is 1.77 bits per heavy atom. The molecule has 1 aromatic heterocycles. The molecule has 0 saturated heterocycles. The molecule has 0 aliphatic rings. The summed E-state index contributed by atoms with van der Waals surface area (Å²) in [6, 6.07) is 16.5. The zero-order chi connectivity index (χ0) is 22.3. The molecule has 0 aliphatic carbocycles. The highest BCUT2D eigenvalue weighted by Crippen LogP contribution is 2.34. The van der Waals surface area contributed by atoms with Crippen LogP contribution in [-0.2, 0) is 11.2 Å². The van der Waals surface area contributed by atoms with Gasteiger partial charge < -0.3 is 14.8 Å². The van der Waals surface area contributed by atoms with Crippen molar-refractivity contribution in [1.29, 1.82) is 0 Å². The van der Waals surface area contributed by atoms with E-state index in [1.807, 2.05) is 12.1 Å². The summed E-state index contributed by atoms with van der Waals surface area (Å²) in [6.45, 7) is 3.81. The lowest BCUT2D eigenvalue weighted by atomic mass is 10.1. The number of pyridine rings is 1. The molecule has 1 amide bonds. The van der Waals surface area contributed by atoms with Gasteiger partial charge in [-0.2, -0.15) is 0 Å². The third-order valence-corrected chi connectivity index (χ3v) is 4.46. The lowest BCUT2D eigenvalue weighted by Crippen LogP contribution is -2.47. The largest absolute Gasteiger partial charge is 0.474 e. The molecule has 0 atom stereocenters. The van der Waals surface area contributed by atoms with Crippen molar-refractivity contribution in [3.63, 3.8) is 0 Å². The number of nitro benzene ring substituents is 1. The predicted octanol–water partition coefficient (Wildman–Crippen LogP) is 4.30. The number of ether oxygens (including phenoxy) is 2. The van der Waals surface area contributed by atoms with Gasteiger partial charge in [0.25, 0.3) is 11.6 Å². The molecule has 1 heterocycles.